The van der Waals surface area contributed by atoms with E-state index >= 15 is 0 Å². The highest BCUT2D eigenvalue weighted by atomic mass is 19.1. The van der Waals surface area contributed by atoms with Crippen LogP contribution in [-0.4, -0.2) is 29.9 Å². The number of carbonyl (C=O) groups is 1. The molecule has 0 fully saturated rings. The van der Waals surface area contributed by atoms with Crippen LogP contribution in [0.2, 0.25) is 0 Å². The summed E-state index contributed by atoms with van der Waals surface area (Å²) in [5, 5.41) is 0. The van der Waals surface area contributed by atoms with Crippen molar-refractivity contribution in [1.29, 1.82) is 0 Å². The average Bonchev–Trinajstić information content (AvgIpc) is 2.24. The fourth-order valence-corrected chi connectivity index (χ4v) is 1.55. The molecule has 5 heteroatoms. The molecule has 0 spiro atoms. The fourth-order valence-electron chi connectivity index (χ4n) is 1.55. The molecule has 0 saturated heterocycles. The first kappa shape index (κ1) is 13.6. The van der Waals surface area contributed by atoms with E-state index in [1.54, 1.807) is 0 Å². The molecule has 1 aromatic carbocycles. The maximum atomic E-state index is 13.4. The standard InChI is InChI=1S/C12H16F2N2O/c1-8(2)16(6-5-15)12(17)10-4-3-9(13)7-11(10)14/h3-4,7-8H,5-6,15H2,1-2H3. The summed E-state index contributed by atoms with van der Waals surface area (Å²) < 4.78 is 26.2. The van der Waals surface area contributed by atoms with Gasteiger partial charge in [-0.15, -0.1) is 0 Å². The van der Waals surface area contributed by atoms with E-state index in [4.69, 9.17) is 5.73 Å². The SMILES string of the molecule is CC(C)N(CCN)C(=O)c1ccc(F)cc1F. The molecule has 0 saturated carbocycles. The maximum Gasteiger partial charge on any atom is 0.257 e. The van der Waals surface area contributed by atoms with Crippen molar-refractivity contribution < 1.29 is 13.6 Å². The van der Waals surface area contributed by atoms with Gasteiger partial charge in [0.1, 0.15) is 11.6 Å². The van der Waals surface area contributed by atoms with Gasteiger partial charge in [0.2, 0.25) is 0 Å². The van der Waals surface area contributed by atoms with Gasteiger partial charge in [0.15, 0.2) is 0 Å². The predicted octanol–water partition coefficient (Wildman–Crippen LogP) is 1.77. The summed E-state index contributed by atoms with van der Waals surface area (Å²) in [6.07, 6.45) is 0. The zero-order valence-corrected chi connectivity index (χ0v) is 9.91. The van der Waals surface area contributed by atoms with Crippen LogP contribution in [0, 0.1) is 11.6 Å². The Bertz CT molecular complexity index is 407. The van der Waals surface area contributed by atoms with E-state index in [1.165, 1.54) is 4.90 Å². The van der Waals surface area contributed by atoms with Crippen molar-refractivity contribution in [2.45, 2.75) is 19.9 Å². The van der Waals surface area contributed by atoms with Crippen molar-refractivity contribution in [3.63, 3.8) is 0 Å². The quantitative estimate of drug-likeness (QED) is 0.874. The molecule has 1 amide bonds. The second-order valence-electron chi connectivity index (χ2n) is 4.01. The molecule has 0 unspecified atom stereocenters. The molecule has 0 aromatic heterocycles. The lowest BCUT2D eigenvalue weighted by Crippen LogP contribution is -2.40. The Balaban J connectivity index is 3.01. The first-order valence-corrected chi connectivity index (χ1v) is 5.43. The molecule has 0 aliphatic rings. The molecule has 1 rings (SSSR count). The van der Waals surface area contributed by atoms with Crippen molar-refractivity contribution in [1.82, 2.24) is 4.90 Å². The number of carbonyl (C=O) groups excluding carboxylic acids is 1. The van der Waals surface area contributed by atoms with Crippen molar-refractivity contribution in [3.8, 4) is 0 Å². The average molecular weight is 242 g/mol. The topological polar surface area (TPSA) is 46.3 Å². The van der Waals surface area contributed by atoms with E-state index in [-0.39, 0.29) is 11.6 Å². The van der Waals surface area contributed by atoms with Crippen LogP contribution in [0.3, 0.4) is 0 Å². The number of nitrogens with two attached hydrogens (primary N) is 1. The minimum Gasteiger partial charge on any atom is -0.335 e. The lowest BCUT2D eigenvalue weighted by molar-refractivity contribution is 0.0707. The molecule has 0 aliphatic heterocycles. The van der Waals surface area contributed by atoms with Crippen molar-refractivity contribution >= 4 is 5.91 Å². The van der Waals surface area contributed by atoms with E-state index in [0.717, 1.165) is 12.1 Å². The molecule has 1 aromatic rings. The van der Waals surface area contributed by atoms with E-state index in [1.807, 2.05) is 13.8 Å². The van der Waals surface area contributed by atoms with Crippen molar-refractivity contribution in [3.05, 3.63) is 35.4 Å². The summed E-state index contributed by atoms with van der Waals surface area (Å²) in [4.78, 5) is 13.5. The molecule has 17 heavy (non-hydrogen) atoms. The predicted molar refractivity (Wildman–Crippen MR) is 61.6 cm³/mol. The molecular weight excluding hydrogens is 226 g/mol. The van der Waals surface area contributed by atoms with Crippen LogP contribution in [0.5, 0.6) is 0 Å². The molecule has 0 atom stereocenters. The van der Waals surface area contributed by atoms with Crippen LogP contribution in [0.25, 0.3) is 0 Å². The largest absolute Gasteiger partial charge is 0.335 e. The molecule has 0 aliphatic carbocycles. The van der Waals surface area contributed by atoms with Crippen molar-refractivity contribution in [2.24, 2.45) is 5.73 Å². The van der Waals surface area contributed by atoms with E-state index in [9.17, 15) is 13.6 Å². The number of hydrogen-bond acceptors (Lipinski definition) is 2. The fraction of sp³-hybridized carbons (Fsp3) is 0.417. The van der Waals surface area contributed by atoms with Crippen molar-refractivity contribution in [2.75, 3.05) is 13.1 Å². The zero-order chi connectivity index (χ0) is 13.0. The van der Waals surface area contributed by atoms with Crippen LogP contribution in [0.15, 0.2) is 18.2 Å². The maximum absolute atomic E-state index is 13.4. The summed E-state index contributed by atoms with van der Waals surface area (Å²) in [7, 11) is 0. The number of benzene rings is 1. The highest BCUT2D eigenvalue weighted by Gasteiger charge is 2.21. The van der Waals surface area contributed by atoms with Crippen LogP contribution < -0.4 is 5.73 Å². The molecular formula is C12H16F2N2O. The molecule has 0 radical (unpaired) electrons. The van der Waals surface area contributed by atoms with E-state index in [2.05, 4.69) is 0 Å². The smallest absolute Gasteiger partial charge is 0.257 e. The van der Waals surface area contributed by atoms with Gasteiger partial charge in [0, 0.05) is 25.2 Å². The summed E-state index contributed by atoms with van der Waals surface area (Å²) >= 11 is 0. The number of rotatable bonds is 4. The molecule has 3 nitrogen and oxygen atoms in total. The van der Waals surface area contributed by atoms with Gasteiger partial charge >= 0.3 is 0 Å². The Kier molecular flexibility index (Phi) is 4.57. The van der Waals surface area contributed by atoms with E-state index in [0.29, 0.717) is 19.2 Å². The van der Waals surface area contributed by atoms with Gasteiger partial charge in [0.25, 0.3) is 5.91 Å². The third-order valence-corrected chi connectivity index (χ3v) is 2.42. The first-order valence-electron chi connectivity index (χ1n) is 5.43. The van der Waals surface area contributed by atoms with Gasteiger partial charge in [-0.05, 0) is 26.0 Å². The lowest BCUT2D eigenvalue weighted by Gasteiger charge is -2.26. The van der Waals surface area contributed by atoms with Crippen LogP contribution >= 0.6 is 0 Å². The Morgan fingerprint density at radius 1 is 1.41 bits per heavy atom. The summed E-state index contributed by atoms with van der Waals surface area (Å²) in [6.45, 7) is 4.27. The number of amides is 1. The molecule has 0 bridgehead atoms. The first-order chi connectivity index (χ1) is 7.97. The van der Waals surface area contributed by atoms with Gasteiger partial charge in [-0.25, -0.2) is 8.78 Å². The number of halogens is 2. The highest BCUT2D eigenvalue weighted by Crippen LogP contribution is 2.13. The third-order valence-electron chi connectivity index (χ3n) is 2.42. The van der Waals surface area contributed by atoms with Gasteiger partial charge in [-0.3, -0.25) is 4.79 Å². The van der Waals surface area contributed by atoms with Crippen LogP contribution in [0.4, 0.5) is 8.78 Å². The number of hydrogen-bond donors (Lipinski definition) is 1. The van der Waals surface area contributed by atoms with Crippen LogP contribution in [0.1, 0.15) is 24.2 Å². The Labute approximate surface area is 99.2 Å². The second-order valence-corrected chi connectivity index (χ2v) is 4.01. The second kappa shape index (κ2) is 5.72. The van der Waals surface area contributed by atoms with Gasteiger partial charge in [-0.1, -0.05) is 0 Å². The van der Waals surface area contributed by atoms with Crippen LogP contribution in [-0.2, 0) is 0 Å². The van der Waals surface area contributed by atoms with Gasteiger partial charge < -0.3 is 10.6 Å². The summed E-state index contributed by atoms with van der Waals surface area (Å²) in [5.41, 5.74) is 5.27. The Morgan fingerprint density at radius 2 is 2.06 bits per heavy atom. The summed E-state index contributed by atoms with van der Waals surface area (Å²) in [5.74, 6) is -2.02. The van der Waals surface area contributed by atoms with Gasteiger partial charge in [0.05, 0.1) is 5.56 Å². The lowest BCUT2D eigenvalue weighted by atomic mass is 10.1. The normalized spacial score (nSPS) is 10.7. The molecule has 0 heterocycles. The van der Waals surface area contributed by atoms with E-state index < -0.39 is 17.5 Å². The molecule has 94 valence electrons. The zero-order valence-electron chi connectivity index (χ0n) is 9.91. The van der Waals surface area contributed by atoms with Gasteiger partial charge in [-0.2, -0.15) is 0 Å². The molecule has 2 N–H and O–H groups in total. The third kappa shape index (κ3) is 3.23. The Morgan fingerprint density at radius 3 is 2.53 bits per heavy atom. The monoisotopic (exact) mass is 242 g/mol. The summed E-state index contributed by atoms with van der Waals surface area (Å²) in [6, 6.07) is 2.83. The Hall–Kier alpha value is -1.49. The highest BCUT2D eigenvalue weighted by molar-refractivity contribution is 5.94. The minimum absolute atomic E-state index is 0.0875. The minimum atomic E-state index is -0.849. The number of nitrogens with zero attached hydrogens (tertiary/aromatic N) is 1.